The van der Waals surface area contributed by atoms with Crippen LogP contribution in [0.15, 0.2) is 47.6 Å². The van der Waals surface area contributed by atoms with Crippen molar-refractivity contribution in [1.82, 2.24) is 29.4 Å². The van der Waals surface area contributed by atoms with E-state index in [2.05, 4.69) is 20.4 Å². The zero-order chi connectivity index (χ0) is 38.4. The van der Waals surface area contributed by atoms with Crippen molar-refractivity contribution in [2.24, 2.45) is 17.3 Å². The van der Waals surface area contributed by atoms with Crippen LogP contribution in [0.2, 0.25) is 5.15 Å². The third-order valence-electron chi connectivity index (χ3n) is 10.3. The van der Waals surface area contributed by atoms with Gasteiger partial charge in [0.1, 0.15) is 16.6 Å². The van der Waals surface area contributed by atoms with Gasteiger partial charge in [-0.1, -0.05) is 17.7 Å². The molecule has 2 unspecified atom stereocenters. The monoisotopic (exact) mass is 777 g/mol. The number of nitrogens with one attached hydrogen (secondary N) is 2. The number of halogens is 3. The van der Waals surface area contributed by atoms with Gasteiger partial charge in [0.2, 0.25) is 5.88 Å². The number of alkyl halides is 2. The molecule has 2 saturated carbocycles. The summed E-state index contributed by atoms with van der Waals surface area (Å²) in [7, 11) is -4.54. The summed E-state index contributed by atoms with van der Waals surface area (Å²) in [4.78, 5) is 35.4. The fraction of sp³-hybridized carbons (Fsp3) is 0.583. The van der Waals surface area contributed by atoms with E-state index in [1.807, 2.05) is 18.6 Å². The second-order valence-corrected chi connectivity index (χ2v) is 18.0. The molecular weight excluding hydrogens is 732 g/mol. The molecule has 3 aliphatic rings. The minimum Gasteiger partial charge on any atom is -0.477 e. The number of sulfonamides is 1. The third-order valence-corrected chi connectivity index (χ3v) is 11.8. The largest absolute Gasteiger partial charge is 0.477 e. The number of carbonyl (C=O) groups is 2. The fourth-order valence-corrected chi connectivity index (χ4v) is 8.50. The van der Waals surface area contributed by atoms with Crippen molar-refractivity contribution in [2.75, 3.05) is 25.0 Å². The zero-order valence-electron chi connectivity index (χ0n) is 30.5. The number of pyridine rings is 2. The fourth-order valence-electron chi connectivity index (χ4n) is 7.33. The van der Waals surface area contributed by atoms with Gasteiger partial charge < -0.3 is 19.7 Å². The van der Waals surface area contributed by atoms with E-state index >= 15 is 8.78 Å². The van der Waals surface area contributed by atoms with E-state index in [9.17, 15) is 18.0 Å². The Morgan fingerprint density at radius 2 is 1.83 bits per heavy atom. The molecule has 288 valence electrons. The number of nitrogens with zero attached hydrogens (tertiary/aromatic N) is 5. The van der Waals surface area contributed by atoms with Gasteiger partial charge in [0, 0.05) is 30.8 Å². The van der Waals surface area contributed by atoms with Crippen LogP contribution in [0, 0.1) is 17.3 Å². The number of aromatic nitrogens is 4. The molecular formula is C36H46ClF2N7O6S. The first-order chi connectivity index (χ1) is 24.7. The van der Waals surface area contributed by atoms with Crippen molar-refractivity contribution in [3.05, 3.63) is 53.3 Å². The molecule has 17 heteroatoms. The minimum absolute atomic E-state index is 0.116. The summed E-state index contributed by atoms with van der Waals surface area (Å²) in [6, 6.07) is 8.25. The maximum absolute atomic E-state index is 15.2. The van der Waals surface area contributed by atoms with Crippen LogP contribution in [-0.2, 0) is 14.8 Å². The van der Waals surface area contributed by atoms with E-state index in [0.717, 1.165) is 18.4 Å². The molecule has 3 aromatic rings. The van der Waals surface area contributed by atoms with Crippen LogP contribution in [-0.4, -0.2) is 81.8 Å². The van der Waals surface area contributed by atoms with Crippen LogP contribution in [0.25, 0.3) is 5.82 Å². The average Bonchev–Trinajstić information content (AvgIpc) is 3.67. The first-order valence-electron chi connectivity index (χ1n) is 17.8. The van der Waals surface area contributed by atoms with Crippen LogP contribution in [0.1, 0.15) is 89.9 Å². The number of ether oxygens (including phenoxy) is 2. The molecule has 3 aromatic heterocycles. The summed E-state index contributed by atoms with van der Waals surface area (Å²) in [6.07, 6.45) is 7.16. The van der Waals surface area contributed by atoms with E-state index in [1.54, 1.807) is 33.0 Å². The van der Waals surface area contributed by atoms with Gasteiger partial charge in [0.25, 0.3) is 21.9 Å². The lowest BCUT2D eigenvalue weighted by Gasteiger charge is -2.37. The van der Waals surface area contributed by atoms with Crippen molar-refractivity contribution < 1.29 is 36.3 Å². The second kappa shape index (κ2) is 14.3. The van der Waals surface area contributed by atoms with Crippen LogP contribution >= 0.6 is 11.6 Å². The Labute approximate surface area is 313 Å². The number of anilines is 1. The maximum Gasteiger partial charge on any atom is 0.410 e. The van der Waals surface area contributed by atoms with E-state index in [1.165, 1.54) is 59.5 Å². The van der Waals surface area contributed by atoms with Gasteiger partial charge in [-0.25, -0.2) is 32.9 Å². The van der Waals surface area contributed by atoms with Crippen molar-refractivity contribution in [1.29, 1.82) is 0 Å². The predicted octanol–water partition coefficient (Wildman–Crippen LogP) is 6.87. The van der Waals surface area contributed by atoms with Gasteiger partial charge >= 0.3 is 6.09 Å². The van der Waals surface area contributed by atoms with Crippen molar-refractivity contribution in [3.63, 3.8) is 0 Å². The Morgan fingerprint density at radius 3 is 2.49 bits per heavy atom. The topological polar surface area (TPSA) is 158 Å². The van der Waals surface area contributed by atoms with E-state index < -0.39 is 63.0 Å². The first-order valence-corrected chi connectivity index (χ1v) is 19.6. The van der Waals surface area contributed by atoms with Gasteiger partial charge in [-0.05, 0) is 115 Å². The zero-order valence-corrected chi connectivity index (χ0v) is 32.1. The summed E-state index contributed by atoms with van der Waals surface area (Å²) < 4.78 is 71.2. The normalized spacial score (nSPS) is 20.5. The highest BCUT2D eigenvalue weighted by atomic mass is 35.5. The molecule has 53 heavy (non-hydrogen) atoms. The summed E-state index contributed by atoms with van der Waals surface area (Å²) in [5, 5.41) is 6.05. The number of hydrogen-bond donors (Lipinski definition) is 2. The Balaban J connectivity index is 1.01. The molecule has 0 radical (unpaired) electrons. The van der Waals surface area contributed by atoms with Crippen LogP contribution in [0.5, 0.6) is 5.88 Å². The summed E-state index contributed by atoms with van der Waals surface area (Å²) >= 11 is 6.30. The highest BCUT2D eigenvalue weighted by Gasteiger charge is 2.54. The smallest absolute Gasteiger partial charge is 0.410 e. The molecule has 2 amide bonds. The maximum atomic E-state index is 15.2. The number of hydrogen-bond acceptors (Lipinski definition) is 10. The van der Waals surface area contributed by atoms with Gasteiger partial charge in [-0.3, -0.25) is 4.79 Å². The lowest BCUT2D eigenvalue weighted by molar-refractivity contribution is -0.00996. The molecule has 0 bridgehead atoms. The molecule has 2 N–H and O–H groups in total. The lowest BCUT2D eigenvalue weighted by Crippen LogP contribution is -2.45. The molecule has 1 aliphatic heterocycles. The molecule has 2 aliphatic carbocycles. The van der Waals surface area contributed by atoms with Gasteiger partial charge in [-0.2, -0.15) is 8.42 Å². The summed E-state index contributed by atoms with van der Waals surface area (Å²) in [5.74, 6) is -3.47. The van der Waals surface area contributed by atoms with E-state index in [0.29, 0.717) is 24.3 Å². The van der Waals surface area contributed by atoms with Crippen LogP contribution in [0.3, 0.4) is 0 Å². The van der Waals surface area contributed by atoms with Crippen molar-refractivity contribution in [3.8, 4) is 11.7 Å². The Bertz CT molecular complexity index is 1960. The number of amides is 2. The average molecular weight is 778 g/mol. The van der Waals surface area contributed by atoms with Crippen LogP contribution < -0.4 is 14.8 Å². The third kappa shape index (κ3) is 9.19. The Kier molecular flexibility index (Phi) is 10.4. The highest BCUT2D eigenvalue weighted by molar-refractivity contribution is 7.90. The van der Waals surface area contributed by atoms with Crippen LogP contribution in [0.4, 0.5) is 19.4 Å². The summed E-state index contributed by atoms with van der Waals surface area (Å²) in [5.41, 5.74) is -1.02. The standard InChI is InChI=1S/C36H46ClF2N7O6S/c1-33(2,3)52-32(48)45-21-23(19-34(45,4)5)20-36(38,39)22-40-26-7-6-8-29(41-26)53(49,50)44-31(47)25-9-10-27(42-30(25)37)46-17-12-28(43-46)51-18-13-24-11-14-35(24)15-16-35/h6-10,12,17,23-24H,11,13-16,18-22H2,1-5H3,(H,40,41)(H,44,47). The SMILES string of the molecule is CC(C)(C)OC(=O)N1CC(CC(F)(F)CNc2cccc(S(=O)(=O)NC(=O)c3ccc(-n4ccc(OCCC5CCC56CC6)n4)nc3Cl)n2)CC1(C)C. The van der Waals surface area contributed by atoms with E-state index in [4.69, 9.17) is 21.1 Å². The predicted molar refractivity (Wildman–Crippen MR) is 193 cm³/mol. The number of rotatable bonds is 13. The molecule has 4 heterocycles. The van der Waals surface area contributed by atoms with Gasteiger partial charge in [0.15, 0.2) is 10.8 Å². The Hall–Kier alpha value is -4.05. The number of likely N-dealkylation sites (tertiary alicyclic amines) is 1. The molecule has 0 aromatic carbocycles. The number of carbonyl (C=O) groups excluding carboxylic acids is 2. The molecule has 6 rings (SSSR count). The van der Waals surface area contributed by atoms with Crippen molar-refractivity contribution in [2.45, 2.75) is 102 Å². The van der Waals surface area contributed by atoms with E-state index in [-0.39, 0.29) is 28.9 Å². The first kappa shape index (κ1) is 38.7. The second-order valence-electron chi connectivity index (χ2n) is 16.0. The highest BCUT2D eigenvalue weighted by Crippen LogP contribution is 2.65. The quantitative estimate of drug-likeness (QED) is 0.176. The molecule has 13 nitrogen and oxygen atoms in total. The molecule has 1 spiro atoms. The summed E-state index contributed by atoms with van der Waals surface area (Å²) in [6.45, 7) is 8.71. The minimum atomic E-state index is -4.54. The van der Waals surface area contributed by atoms with Crippen molar-refractivity contribution >= 4 is 39.4 Å². The van der Waals surface area contributed by atoms with Gasteiger partial charge in [0.05, 0.1) is 18.7 Å². The lowest BCUT2D eigenvalue weighted by atomic mass is 9.69. The Morgan fingerprint density at radius 1 is 1.08 bits per heavy atom. The molecule has 3 fully saturated rings. The van der Waals surface area contributed by atoms with Gasteiger partial charge in [-0.15, -0.1) is 5.10 Å². The molecule has 1 saturated heterocycles. The molecule has 2 atom stereocenters.